The van der Waals surface area contributed by atoms with Gasteiger partial charge in [0.25, 0.3) is 0 Å². The van der Waals surface area contributed by atoms with E-state index < -0.39 is 6.10 Å². The maximum absolute atomic E-state index is 13.4. The molecule has 5 heteroatoms. The lowest BCUT2D eigenvalue weighted by molar-refractivity contribution is 0.194. The van der Waals surface area contributed by atoms with Gasteiger partial charge in [-0.05, 0) is 31.2 Å². The monoisotopic (exact) mass is 290 g/mol. The second kappa shape index (κ2) is 4.89. The molecule has 20 heavy (non-hydrogen) atoms. The molecule has 1 N–H and O–H groups in total. The molecule has 3 rings (SSSR count). The lowest BCUT2D eigenvalue weighted by Gasteiger charge is -2.08. The number of hydrogen-bond donors (Lipinski definition) is 1. The predicted octanol–water partition coefficient (Wildman–Crippen LogP) is 3.85. The summed E-state index contributed by atoms with van der Waals surface area (Å²) in [4.78, 5) is 4.47. The molecule has 0 saturated carbocycles. The number of aromatic nitrogens is 2. The molecule has 0 radical (unpaired) electrons. The fourth-order valence-corrected chi connectivity index (χ4v) is 2.38. The molecular weight excluding hydrogens is 279 g/mol. The average Bonchev–Trinajstić information content (AvgIpc) is 2.78. The summed E-state index contributed by atoms with van der Waals surface area (Å²) >= 11 is 5.88. The van der Waals surface area contributed by atoms with Gasteiger partial charge in [0, 0.05) is 16.8 Å². The van der Waals surface area contributed by atoms with Crippen LogP contribution in [0.3, 0.4) is 0 Å². The van der Waals surface area contributed by atoms with Crippen LogP contribution in [0.15, 0.2) is 42.6 Å². The van der Waals surface area contributed by atoms with Gasteiger partial charge >= 0.3 is 0 Å². The SMILES string of the molecule is CC(O)c1c(-c2ccc(Cl)cc2)nc2ccc(F)cn12. The number of nitrogens with zero attached hydrogens (tertiary/aromatic N) is 2. The molecule has 0 aliphatic rings. The zero-order chi connectivity index (χ0) is 14.3. The Labute approximate surface area is 120 Å². The predicted molar refractivity (Wildman–Crippen MR) is 76.2 cm³/mol. The number of benzene rings is 1. The molecule has 3 aromatic rings. The largest absolute Gasteiger partial charge is 0.387 e. The van der Waals surface area contributed by atoms with Crippen molar-refractivity contribution < 1.29 is 9.50 Å². The van der Waals surface area contributed by atoms with Gasteiger partial charge in [-0.15, -0.1) is 0 Å². The topological polar surface area (TPSA) is 37.5 Å². The Kier molecular flexibility index (Phi) is 3.20. The van der Waals surface area contributed by atoms with E-state index in [9.17, 15) is 9.50 Å². The van der Waals surface area contributed by atoms with Crippen molar-refractivity contribution in [2.75, 3.05) is 0 Å². The number of pyridine rings is 1. The Morgan fingerprint density at radius 3 is 2.55 bits per heavy atom. The third kappa shape index (κ3) is 2.17. The Balaban J connectivity index is 2.29. The van der Waals surface area contributed by atoms with Crippen LogP contribution in [0.1, 0.15) is 18.7 Å². The van der Waals surface area contributed by atoms with E-state index >= 15 is 0 Å². The van der Waals surface area contributed by atoms with Crippen LogP contribution in [0.5, 0.6) is 0 Å². The fraction of sp³-hybridized carbons (Fsp3) is 0.133. The standard InChI is InChI=1S/C15H12ClFN2O/c1-9(20)15-14(10-2-4-11(16)5-3-10)18-13-7-6-12(17)8-19(13)15/h2-9,20H,1H3. The lowest BCUT2D eigenvalue weighted by Crippen LogP contribution is -2.00. The van der Waals surface area contributed by atoms with E-state index in [1.165, 1.54) is 12.3 Å². The quantitative estimate of drug-likeness (QED) is 0.778. The first kappa shape index (κ1) is 13.1. The van der Waals surface area contributed by atoms with E-state index in [0.717, 1.165) is 5.56 Å². The maximum Gasteiger partial charge on any atom is 0.139 e. The molecule has 102 valence electrons. The van der Waals surface area contributed by atoms with Gasteiger partial charge in [0.05, 0.1) is 17.5 Å². The number of imidazole rings is 1. The van der Waals surface area contributed by atoms with Crippen molar-refractivity contribution in [2.24, 2.45) is 0 Å². The first-order chi connectivity index (χ1) is 9.56. The minimum Gasteiger partial charge on any atom is -0.387 e. The van der Waals surface area contributed by atoms with E-state index in [1.807, 2.05) is 12.1 Å². The smallest absolute Gasteiger partial charge is 0.139 e. The van der Waals surface area contributed by atoms with Crippen LogP contribution in [0.4, 0.5) is 4.39 Å². The van der Waals surface area contributed by atoms with Crippen LogP contribution >= 0.6 is 11.6 Å². The number of rotatable bonds is 2. The summed E-state index contributed by atoms with van der Waals surface area (Å²) in [6.45, 7) is 1.63. The van der Waals surface area contributed by atoms with E-state index in [0.29, 0.717) is 22.1 Å². The van der Waals surface area contributed by atoms with Gasteiger partial charge in [0.15, 0.2) is 0 Å². The highest BCUT2D eigenvalue weighted by molar-refractivity contribution is 6.30. The van der Waals surface area contributed by atoms with E-state index in [2.05, 4.69) is 4.98 Å². The molecule has 2 heterocycles. The summed E-state index contributed by atoms with van der Waals surface area (Å²) in [5.74, 6) is -0.376. The van der Waals surface area contributed by atoms with Crippen LogP contribution in [-0.4, -0.2) is 14.5 Å². The fourth-order valence-electron chi connectivity index (χ4n) is 2.26. The summed E-state index contributed by atoms with van der Waals surface area (Å²) in [7, 11) is 0. The first-order valence-electron chi connectivity index (χ1n) is 6.18. The summed E-state index contributed by atoms with van der Waals surface area (Å²) in [5.41, 5.74) is 2.60. The summed E-state index contributed by atoms with van der Waals surface area (Å²) in [6.07, 6.45) is 0.557. The Hall–Kier alpha value is -1.91. The van der Waals surface area contributed by atoms with Crippen LogP contribution in [0, 0.1) is 5.82 Å². The van der Waals surface area contributed by atoms with Gasteiger partial charge in [-0.1, -0.05) is 23.7 Å². The van der Waals surface area contributed by atoms with Gasteiger partial charge < -0.3 is 5.11 Å². The molecule has 3 nitrogen and oxygen atoms in total. The maximum atomic E-state index is 13.4. The number of halogens is 2. The van der Waals surface area contributed by atoms with Crippen molar-refractivity contribution in [3.05, 3.63) is 59.1 Å². The molecule has 0 amide bonds. The highest BCUT2D eigenvalue weighted by Gasteiger charge is 2.18. The van der Waals surface area contributed by atoms with Gasteiger partial charge in [-0.25, -0.2) is 9.37 Å². The highest BCUT2D eigenvalue weighted by Crippen LogP contribution is 2.29. The molecule has 0 aliphatic carbocycles. The van der Waals surface area contributed by atoms with Crippen LogP contribution in [-0.2, 0) is 0 Å². The Morgan fingerprint density at radius 2 is 1.90 bits per heavy atom. The summed E-state index contributed by atoms with van der Waals surface area (Å²) in [6, 6.07) is 10.1. The zero-order valence-corrected chi connectivity index (χ0v) is 11.5. The molecule has 1 unspecified atom stereocenters. The van der Waals surface area contributed by atoms with Crippen LogP contribution in [0.25, 0.3) is 16.9 Å². The van der Waals surface area contributed by atoms with Crippen molar-refractivity contribution in [3.8, 4) is 11.3 Å². The average molecular weight is 291 g/mol. The highest BCUT2D eigenvalue weighted by atomic mass is 35.5. The second-order valence-electron chi connectivity index (χ2n) is 4.60. The molecule has 0 saturated heterocycles. The summed E-state index contributed by atoms with van der Waals surface area (Å²) in [5, 5.41) is 10.6. The Morgan fingerprint density at radius 1 is 1.20 bits per heavy atom. The third-order valence-electron chi connectivity index (χ3n) is 3.13. The van der Waals surface area contributed by atoms with Crippen molar-refractivity contribution >= 4 is 17.2 Å². The van der Waals surface area contributed by atoms with Gasteiger partial charge in [0.2, 0.25) is 0 Å². The molecule has 0 bridgehead atoms. The number of aliphatic hydroxyl groups is 1. The van der Waals surface area contributed by atoms with E-state index in [1.54, 1.807) is 29.5 Å². The van der Waals surface area contributed by atoms with Gasteiger partial charge in [0.1, 0.15) is 11.5 Å². The summed E-state index contributed by atoms with van der Waals surface area (Å²) < 4.78 is 15.0. The molecule has 2 aromatic heterocycles. The van der Waals surface area contributed by atoms with Gasteiger partial charge in [-0.2, -0.15) is 0 Å². The number of fused-ring (bicyclic) bond motifs is 1. The molecule has 1 atom stereocenters. The minimum absolute atomic E-state index is 0.376. The molecule has 0 fully saturated rings. The van der Waals surface area contributed by atoms with Gasteiger partial charge in [-0.3, -0.25) is 4.40 Å². The first-order valence-corrected chi connectivity index (χ1v) is 6.55. The molecule has 0 aliphatic heterocycles. The van der Waals surface area contributed by atoms with Crippen LogP contribution in [0.2, 0.25) is 5.02 Å². The van der Waals surface area contributed by atoms with Crippen molar-refractivity contribution in [1.29, 1.82) is 0 Å². The molecule has 1 aromatic carbocycles. The van der Waals surface area contributed by atoms with E-state index in [4.69, 9.17) is 11.6 Å². The number of hydrogen-bond acceptors (Lipinski definition) is 2. The molecular formula is C15H12ClFN2O. The third-order valence-corrected chi connectivity index (χ3v) is 3.38. The normalized spacial score (nSPS) is 12.8. The van der Waals surface area contributed by atoms with Crippen molar-refractivity contribution in [1.82, 2.24) is 9.38 Å². The van der Waals surface area contributed by atoms with Crippen molar-refractivity contribution in [3.63, 3.8) is 0 Å². The number of aliphatic hydroxyl groups excluding tert-OH is 1. The lowest BCUT2D eigenvalue weighted by atomic mass is 10.1. The van der Waals surface area contributed by atoms with Crippen LogP contribution < -0.4 is 0 Å². The van der Waals surface area contributed by atoms with Crippen molar-refractivity contribution in [2.45, 2.75) is 13.0 Å². The zero-order valence-electron chi connectivity index (χ0n) is 10.7. The molecule has 0 spiro atoms. The van der Waals surface area contributed by atoms with E-state index in [-0.39, 0.29) is 5.82 Å². The Bertz CT molecular complexity index is 765. The second-order valence-corrected chi connectivity index (χ2v) is 5.04. The minimum atomic E-state index is -0.766.